The lowest BCUT2D eigenvalue weighted by molar-refractivity contribution is 0.636. The minimum absolute atomic E-state index is 1.20. The predicted octanol–water partition coefficient (Wildman–Crippen LogP) is 6.24. The minimum Gasteiger partial charge on any atom is -0.0885 e. The van der Waals surface area contributed by atoms with Crippen molar-refractivity contribution in [2.75, 3.05) is 0 Å². The van der Waals surface area contributed by atoms with Gasteiger partial charge in [0.05, 0.1) is 0 Å². The summed E-state index contributed by atoms with van der Waals surface area (Å²) < 4.78 is 0. The lowest BCUT2D eigenvalue weighted by Crippen LogP contribution is -1.77. The smallest absolute Gasteiger partial charge is 0.0316 e. The highest BCUT2D eigenvalue weighted by molar-refractivity contribution is 4.84. The van der Waals surface area contributed by atoms with Gasteiger partial charge in [0, 0.05) is 0 Å². The van der Waals surface area contributed by atoms with Crippen LogP contribution in [-0.2, 0) is 0 Å². The van der Waals surface area contributed by atoms with E-state index in [1.165, 1.54) is 70.6 Å². The van der Waals surface area contributed by atoms with Crippen molar-refractivity contribution in [2.24, 2.45) is 0 Å². The van der Waals surface area contributed by atoms with Crippen LogP contribution in [0.3, 0.4) is 0 Å². The summed E-state index contributed by atoms with van der Waals surface area (Å²) in [5.74, 6) is 0. The molecule has 0 aromatic rings. The average molecular weight is 235 g/mol. The number of rotatable bonds is 12. The van der Waals surface area contributed by atoms with Crippen molar-refractivity contribution in [2.45, 2.75) is 77.6 Å². The summed E-state index contributed by atoms with van der Waals surface area (Å²) in [5, 5.41) is 0. The van der Waals surface area contributed by atoms with E-state index in [4.69, 9.17) is 0 Å². The molecule has 17 heavy (non-hydrogen) atoms. The van der Waals surface area contributed by atoms with Crippen LogP contribution >= 0.6 is 0 Å². The Balaban J connectivity index is 3.04. The molecule has 0 aliphatic carbocycles. The molecule has 0 heterocycles. The Morgan fingerprint density at radius 2 is 1.12 bits per heavy atom. The predicted molar refractivity (Wildman–Crippen MR) is 80.1 cm³/mol. The fourth-order valence-electron chi connectivity index (χ4n) is 1.92. The zero-order valence-electron chi connectivity index (χ0n) is 11.8. The molecule has 0 heteroatoms. The molecule has 0 aromatic heterocycles. The fourth-order valence-corrected chi connectivity index (χ4v) is 1.92. The lowest BCUT2D eigenvalue weighted by atomic mass is 10.1. The summed E-state index contributed by atoms with van der Waals surface area (Å²) in [7, 11) is 0. The van der Waals surface area contributed by atoms with E-state index in [0.29, 0.717) is 0 Å². The zero-order valence-corrected chi connectivity index (χ0v) is 11.8. The van der Waals surface area contributed by atoms with Crippen LogP contribution in [0.15, 0.2) is 24.3 Å². The van der Waals surface area contributed by atoms with E-state index in [0.717, 1.165) is 0 Å². The quantitative estimate of drug-likeness (QED) is 0.277. The number of hydrogen-bond donors (Lipinski definition) is 0. The van der Waals surface area contributed by atoms with Gasteiger partial charge in [0.2, 0.25) is 0 Å². The average Bonchev–Trinajstić information content (AvgIpc) is 2.35. The van der Waals surface area contributed by atoms with Gasteiger partial charge >= 0.3 is 0 Å². The summed E-state index contributed by atoms with van der Waals surface area (Å²) in [6, 6.07) is 0. The fraction of sp³-hybridized carbons (Fsp3) is 0.706. The summed E-state index contributed by atoms with van der Waals surface area (Å²) in [4.78, 5) is 0. The lowest BCUT2D eigenvalue weighted by Gasteiger charge is -1.97. The van der Waals surface area contributed by atoms with Crippen LogP contribution in [0.4, 0.5) is 0 Å². The van der Waals surface area contributed by atoms with Gasteiger partial charge in [-0.3, -0.25) is 0 Å². The van der Waals surface area contributed by atoms with Crippen LogP contribution in [0, 0.1) is 6.92 Å². The van der Waals surface area contributed by atoms with Gasteiger partial charge in [0.15, 0.2) is 0 Å². The molecule has 0 spiro atoms. The molecule has 0 N–H and O–H groups in total. The van der Waals surface area contributed by atoms with Crippen LogP contribution in [0.1, 0.15) is 77.6 Å². The number of allylic oxidation sites excluding steroid dienone is 4. The van der Waals surface area contributed by atoms with Crippen LogP contribution in [0.5, 0.6) is 0 Å². The van der Waals surface area contributed by atoms with Gasteiger partial charge in [0.1, 0.15) is 0 Å². The van der Waals surface area contributed by atoms with E-state index < -0.39 is 0 Å². The Hall–Kier alpha value is -0.520. The number of hydrogen-bond acceptors (Lipinski definition) is 0. The molecule has 0 atom stereocenters. The first-order valence-electron chi connectivity index (χ1n) is 7.51. The Kier molecular flexibility index (Phi) is 15.0. The topological polar surface area (TPSA) is 0 Å². The standard InChI is InChI=1S/C17H31/c1-3-5-7-9-11-13-15-17-16-14-12-10-8-6-4-2/h3,5,16-17H,1,4,6-15H2,2H3/b5-3+,17-16+. The summed E-state index contributed by atoms with van der Waals surface area (Å²) in [6.45, 7) is 5.96. The minimum atomic E-state index is 1.20. The maximum absolute atomic E-state index is 3.69. The van der Waals surface area contributed by atoms with Crippen molar-refractivity contribution in [3.05, 3.63) is 31.2 Å². The normalized spacial score (nSPS) is 11.9. The molecule has 0 amide bonds. The molecule has 0 aromatic carbocycles. The Morgan fingerprint density at radius 3 is 1.65 bits per heavy atom. The van der Waals surface area contributed by atoms with Gasteiger partial charge in [-0.25, -0.2) is 0 Å². The van der Waals surface area contributed by atoms with Gasteiger partial charge in [-0.1, -0.05) is 63.3 Å². The van der Waals surface area contributed by atoms with Gasteiger partial charge in [0.25, 0.3) is 0 Å². The molecule has 0 fully saturated rings. The van der Waals surface area contributed by atoms with Gasteiger partial charge in [-0.2, -0.15) is 0 Å². The van der Waals surface area contributed by atoms with Crippen LogP contribution in [0.25, 0.3) is 0 Å². The molecule has 0 aliphatic rings. The number of unbranched alkanes of at least 4 members (excludes halogenated alkanes) is 9. The second-order valence-electron chi connectivity index (χ2n) is 4.78. The SMILES string of the molecule is [CH2]/C=C/CCCCC/C=C/CCCCCCC. The second-order valence-corrected chi connectivity index (χ2v) is 4.78. The molecule has 0 bridgehead atoms. The first-order valence-corrected chi connectivity index (χ1v) is 7.51. The molecule has 1 radical (unpaired) electrons. The first-order chi connectivity index (χ1) is 8.41. The van der Waals surface area contributed by atoms with E-state index in [2.05, 4.69) is 32.1 Å². The summed E-state index contributed by atoms with van der Waals surface area (Å²) >= 11 is 0. The van der Waals surface area contributed by atoms with Gasteiger partial charge < -0.3 is 0 Å². The van der Waals surface area contributed by atoms with Crippen molar-refractivity contribution >= 4 is 0 Å². The molecule has 0 unspecified atom stereocenters. The van der Waals surface area contributed by atoms with Crippen molar-refractivity contribution in [3.8, 4) is 0 Å². The molecule has 0 aliphatic heterocycles. The third-order valence-electron chi connectivity index (χ3n) is 3.05. The maximum Gasteiger partial charge on any atom is -0.0316 e. The van der Waals surface area contributed by atoms with E-state index in [9.17, 15) is 0 Å². The molecule has 0 saturated heterocycles. The van der Waals surface area contributed by atoms with E-state index in [1.807, 2.05) is 6.08 Å². The van der Waals surface area contributed by atoms with E-state index >= 15 is 0 Å². The van der Waals surface area contributed by atoms with E-state index in [-0.39, 0.29) is 0 Å². The van der Waals surface area contributed by atoms with Crippen molar-refractivity contribution in [1.82, 2.24) is 0 Å². The van der Waals surface area contributed by atoms with Crippen LogP contribution in [0.2, 0.25) is 0 Å². The Bertz CT molecular complexity index is 176. The van der Waals surface area contributed by atoms with Crippen molar-refractivity contribution in [3.63, 3.8) is 0 Å². The van der Waals surface area contributed by atoms with Gasteiger partial charge in [-0.15, -0.1) is 0 Å². The second kappa shape index (κ2) is 15.5. The first kappa shape index (κ1) is 16.5. The van der Waals surface area contributed by atoms with Crippen molar-refractivity contribution < 1.29 is 0 Å². The molecule has 99 valence electrons. The van der Waals surface area contributed by atoms with Crippen LogP contribution in [-0.4, -0.2) is 0 Å². The largest absolute Gasteiger partial charge is 0.0885 e. The molecular formula is C17H31. The summed E-state index contributed by atoms with van der Waals surface area (Å²) in [5.41, 5.74) is 0. The summed E-state index contributed by atoms with van der Waals surface area (Å²) in [6.07, 6.45) is 23.5. The third-order valence-corrected chi connectivity index (χ3v) is 3.05. The highest BCUT2D eigenvalue weighted by atomic mass is 13.9. The van der Waals surface area contributed by atoms with E-state index in [1.54, 1.807) is 0 Å². The highest BCUT2D eigenvalue weighted by Gasteiger charge is 1.87. The van der Waals surface area contributed by atoms with Crippen molar-refractivity contribution in [1.29, 1.82) is 0 Å². The maximum atomic E-state index is 3.69. The molecule has 0 saturated carbocycles. The Morgan fingerprint density at radius 1 is 0.647 bits per heavy atom. The third kappa shape index (κ3) is 15.5. The molecule has 0 nitrogen and oxygen atoms in total. The molecule has 0 rings (SSSR count). The monoisotopic (exact) mass is 235 g/mol. The Labute approximate surface area is 109 Å². The van der Waals surface area contributed by atoms with Gasteiger partial charge in [-0.05, 0) is 45.4 Å². The van der Waals surface area contributed by atoms with Crippen LogP contribution < -0.4 is 0 Å². The molecular weight excluding hydrogens is 204 g/mol. The zero-order chi connectivity index (χ0) is 12.6. The highest BCUT2D eigenvalue weighted by Crippen LogP contribution is 2.07.